The zero-order valence-corrected chi connectivity index (χ0v) is 14.2. The first-order valence-corrected chi connectivity index (χ1v) is 9.58. The largest absolute Gasteiger partial charge is 0.490 e. The number of para-hydroxylation sites is 1. The lowest BCUT2D eigenvalue weighted by atomic mass is 9.86. The molecular formula is C17H26O3S. The first-order chi connectivity index (χ1) is 9.68. The van der Waals surface area contributed by atoms with Crippen molar-refractivity contribution in [3.05, 3.63) is 29.8 Å². The Morgan fingerprint density at radius 2 is 1.81 bits per heavy atom. The molecule has 1 aliphatic rings. The molecule has 2 rings (SSSR count). The summed E-state index contributed by atoms with van der Waals surface area (Å²) in [5, 5.41) is -0.252. The second-order valence-corrected chi connectivity index (χ2v) is 9.43. The average Bonchev–Trinajstić information content (AvgIpc) is 2.37. The van der Waals surface area contributed by atoms with E-state index in [0.717, 1.165) is 25.0 Å². The van der Waals surface area contributed by atoms with Gasteiger partial charge in [0.2, 0.25) is 0 Å². The lowest BCUT2D eigenvalue weighted by molar-refractivity contribution is 0.153. The van der Waals surface area contributed by atoms with E-state index in [1.54, 1.807) is 0 Å². The number of benzene rings is 1. The van der Waals surface area contributed by atoms with Gasteiger partial charge in [-0.15, -0.1) is 0 Å². The molecule has 3 nitrogen and oxygen atoms in total. The van der Waals surface area contributed by atoms with Crippen LogP contribution in [0.5, 0.6) is 5.75 Å². The zero-order valence-electron chi connectivity index (χ0n) is 13.4. The zero-order chi connectivity index (χ0) is 15.7. The van der Waals surface area contributed by atoms with Crippen molar-refractivity contribution in [1.82, 2.24) is 0 Å². The van der Waals surface area contributed by atoms with Crippen LogP contribution in [-0.2, 0) is 15.3 Å². The predicted molar refractivity (Wildman–Crippen MR) is 86.7 cm³/mol. The van der Waals surface area contributed by atoms with E-state index in [1.807, 2.05) is 18.2 Å². The van der Waals surface area contributed by atoms with Crippen molar-refractivity contribution in [3.8, 4) is 5.75 Å². The Labute approximate surface area is 128 Å². The van der Waals surface area contributed by atoms with E-state index in [1.165, 1.54) is 11.8 Å². The Kier molecular flexibility index (Phi) is 4.66. The summed E-state index contributed by atoms with van der Waals surface area (Å²) < 4.78 is 29.7. The SMILES string of the molecule is CC(C)(C)c1ccccc1OC1CCCC(S(C)(=O)=O)C1. The molecule has 0 spiro atoms. The van der Waals surface area contributed by atoms with Gasteiger partial charge in [0.25, 0.3) is 0 Å². The van der Waals surface area contributed by atoms with Crippen molar-refractivity contribution >= 4 is 9.84 Å². The highest BCUT2D eigenvalue weighted by Gasteiger charge is 2.30. The van der Waals surface area contributed by atoms with Crippen LogP contribution in [0, 0.1) is 0 Å². The van der Waals surface area contributed by atoms with Gasteiger partial charge in [0.05, 0.1) is 11.4 Å². The molecule has 2 unspecified atom stereocenters. The summed E-state index contributed by atoms with van der Waals surface area (Å²) in [6.07, 6.45) is 4.56. The highest BCUT2D eigenvalue weighted by atomic mass is 32.2. The molecule has 0 saturated heterocycles. The van der Waals surface area contributed by atoms with Crippen LogP contribution in [0.1, 0.15) is 52.0 Å². The third-order valence-electron chi connectivity index (χ3n) is 4.17. The van der Waals surface area contributed by atoms with Gasteiger partial charge in [0, 0.05) is 12.7 Å². The maximum absolute atomic E-state index is 11.8. The lowest BCUT2D eigenvalue weighted by Gasteiger charge is -2.31. The second-order valence-electron chi connectivity index (χ2n) is 7.10. The second kappa shape index (κ2) is 5.99. The summed E-state index contributed by atoms with van der Waals surface area (Å²) in [6.45, 7) is 6.49. The molecule has 0 radical (unpaired) electrons. The van der Waals surface area contributed by atoms with Gasteiger partial charge in [0.15, 0.2) is 0 Å². The quantitative estimate of drug-likeness (QED) is 0.854. The van der Waals surface area contributed by atoms with Crippen molar-refractivity contribution in [2.24, 2.45) is 0 Å². The van der Waals surface area contributed by atoms with E-state index in [-0.39, 0.29) is 16.8 Å². The van der Waals surface area contributed by atoms with Crippen LogP contribution in [0.3, 0.4) is 0 Å². The average molecular weight is 310 g/mol. The van der Waals surface area contributed by atoms with Crippen molar-refractivity contribution in [2.45, 2.75) is 63.2 Å². The number of rotatable bonds is 3. The van der Waals surface area contributed by atoms with E-state index in [4.69, 9.17) is 4.74 Å². The van der Waals surface area contributed by atoms with Gasteiger partial charge in [-0.25, -0.2) is 8.42 Å². The molecule has 0 bridgehead atoms. The smallest absolute Gasteiger partial charge is 0.150 e. The molecule has 1 saturated carbocycles. The third-order valence-corrected chi connectivity index (χ3v) is 5.81. The van der Waals surface area contributed by atoms with E-state index in [2.05, 4.69) is 26.8 Å². The van der Waals surface area contributed by atoms with E-state index in [9.17, 15) is 8.42 Å². The molecular weight excluding hydrogens is 284 g/mol. The first-order valence-electron chi connectivity index (χ1n) is 7.63. The molecule has 1 fully saturated rings. The van der Waals surface area contributed by atoms with Gasteiger partial charge >= 0.3 is 0 Å². The fraction of sp³-hybridized carbons (Fsp3) is 0.647. The number of ether oxygens (including phenoxy) is 1. The Balaban J connectivity index is 2.16. The first kappa shape index (κ1) is 16.3. The summed E-state index contributed by atoms with van der Waals surface area (Å²) in [5.41, 5.74) is 1.19. The standard InChI is InChI=1S/C17H26O3S/c1-17(2,3)15-10-5-6-11-16(15)20-13-8-7-9-14(12-13)21(4,18)19/h5-6,10-11,13-14H,7-9,12H2,1-4H3. The summed E-state index contributed by atoms with van der Waals surface area (Å²) in [5.74, 6) is 0.893. The molecule has 4 heteroatoms. The Bertz CT molecular complexity index is 584. The molecule has 2 atom stereocenters. The topological polar surface area (TPSA) is 43.4 Å². The van der Waals surface area contributed by atoms with Gasteiger partial charge in [-0.2, -0.15) is 0 Å². The fourth-order valence-corrected chi connectivity index (χ4v) is 4.13. The van der Waals surface area contributed by atoms with Crippen LogP contribution < -0.4 is 4.74 Å². The minimum Gasteiger partial charge on any atom is -0.490 e. The van der Waals surface area contributed by atoms with Crippen molar-refractivity contribution in [3.63, 3.8) is 0 Å². The molecule has 21 heavy (non-hydrogen) atoms. The molecule has 118 valence electrons. The van der Waals surface area contributed by atoms with Crippen molar-refractivity contribution in [1.29, 1.82) is 0 Å². The maximum Gasteiger partial charge on any atom is 0.150 e. The normalized spacial score (nSPS) is 23.8. The Morgan fingerprint density at radius 3 is 2.43 bits per heavy atom. The monoisotopic (exact) mass is 310 g/mol. The van der Waals surface area contributed by atoms with Crippen LogP contribution in [0.15, 0.2) is 24.3 Å². The van der Waals surface area contributed by atoms with Crippen LogP contribution in [0.25, 0.3) is 0 Å². The van der Waals surface area contributed by atoms with Crippen molar-refractivity contribution < 1.29 is 13.2 Å². The van der Waals surface area contributed by atoms with Gasteiger partial charge in [0.1, 0.15) is 15.6 Å². The molecule has 1 aromatic rings. The molecule has 1 aliphatic carbocycles. The molecule has 0 aromatic heterocycles. The predicted octanol–water partition coefficient (Wildman–Crippen LogP) is 3.72. The number of hydrogen-bond donors (Lipinski definition) is 0. The van der Waals surface area contributed by atoms with E-state index < -0.39 is 9.84 Å². The van der Waals surface area contributed by atoms with Gasteiger partial charge in [-0.3, -0.25) is 0 Å². The summed E-state index contributed by atoms with van der Waals surface area (Å²) in [7, 11) is -2.97. The Hall–Kier alpha value is -1.03. The van der Waals surface area contributed by atoms with Gasteiger partial charge in [-0.05, 0) is 36.3 Å². The summed E-state index contributed by atoms with van der Waals surface area (Å²) in [4.78, 5) is 0. The molecule has 0 aliphatic heterocycles. The van der Waals surface area contributed by atoms with Crippen LogP contribution in [0.4, 0.5) is 0 Å². The molecule has 0 amide bonds. The maximum atomic E-state index is 11.8. The molecule has 0 heterocycles. The molecule has 0 N–H and O–H groups in total. The fourth-order valence-electron chi connectivity index (χ4n) is 2.97. The third kappa shape index (κ3) is 4.22. The number of hydrogen-bond acceptors (Lipinski definition) is 3. The summed E-state index contributed by atoms with van der Waals surface area (Å²) in [6, 6.07) is 8.08. The van der Waals surface area contributed by atoms with Crippen LogP contribution in [-0.4, -0.2) is 26.0 Å². The minimum absolute atomic E-state index is 0.00183. The van der Waals surface area contributed by atoms with Crippen LogP contribution >= 0.6 is 0 Å². The van der Waals surface area contributed by atoms with Crippen LogP contribution in [0.2, 0.25) is 0 Å². The van der Waals surface area contributed by atoms with Gasteiger partial charge < -0.3 is 4.74 Å². The van der Waals surface area contributed by atoms with E-state index in [0.29, 0.717) is 6.42 Å². The highest BCUT2D eigenvalue weighted by Crippen LogP contribution is 2.34. The van der Waals surface area contributed by atoms with Gasteiger partial charge in [-0.1, -0.05) is 39.0 Å². The summed E-state index contributed by atoms with van der Waals surface area (Å²) >= 11 is 0. The Morgan fingerprint density at radius 1 is 1.14 bits per heavy atom. The number of sulfone groups is 1. The lowest BCUT2D eigenvalue weighted by Crippen LogP contribution is -2.33. The molecule has 1 aromatic carbocycles. The van der Waals surface area contributed by atoms with Crippen molar-refractivity contribution in [2.75, 3.05) is 6.26 Å². The minimum atomic E-state index is -2.97. The van der Waals surface area contributed by atoms with E-state index >= 15 is 0 Å². The highest BCUT2D eigenvalue weighted by molar-refractivity contribution is 7.91.